The van der Waals surface area contributed by atoms with E-state index in [1.807, 2.05) is 36.4 Å². The molecule has 4 rings (SSSR count). The van der Waals surface area contributed by atoms with E-state index in [2.05, 4.69) is 42.3 Å². The van der Waals surface area contributed by atoms with Gasteiger partial charge in [0.05, 0.1) is 11.6 Å². The lowest BCUT2D eigenvalue weighted by Gasteiger charge is -2.17. The highest BCUT2D eigenvalue weighted by Crippen LogP contribution is 2.20. The zero-order valence-electron chi connectivity index (χ0n) is 17.2. The maximum atomic E-state index is 11.4. The van der Waals surface area contributed by atoms with Crippen LogP contribution >= 0.6 is 0 Å². The summed E-state index contributed by atoms with van der Waals surface area (Å²) >= 11 is 0. The summed E-state index contributed by atoms with van der Waals surface area (Å²) in [5, 5.41) is 9.90. The van der Waals surface area contributed by atoms with Crippen LogP contribution in [0.1, 0.15) is 22.3 Å². The highest BCUT2D eigenvalue weighted by molar-refractivity contribution is 5.77. The van der Waals surface area contributed by atoms with E-state index < -0.39 is 0 Å². The van der Waals surface area contributed by atoms with Gasteiger partial charge in [-0.25, -0.2) is 4.79 Å². The summed E-state index contributed by atoms with van der Waals surface area (Å²) in [6, 6.07) is 26.8. The number of ether oxygens (including phenoxy) is 1. The van der Waals surface area contributed by atoms with E-state index in [0.29, 0.717) is 23.5 Å². The van der Waals surface area contributed by atoms with Gasteiger partial charge in [-0.1, -0.05) is 36.4 Å². The number of rotatable bonds is 7. The van der Waals surface area contributed by atoms with Gasteiger partial charge in [0, 0.05) is 30.6 Å². The summed E-state index contributed by atoms with van der Waals surface area (Å²) in [5.41, 5.74) is 4.21. The molecule has 5 nitrogen and oxygen atoms in total. The van der Waals surface area contributed by atoms with Crippen LogP contribution in [-0.4, -0.2) is 11.9 Å². The first-order chi connectivity index (χ1) is 15.1. The zero-order chi connectivity index (χ0) is 21.6. The molecule has 0 aliphatic heterocycles. The Morgan fingerprint density at radius 1 is 0.903 bits per heavy atom. The summed E-state index contributed by atoms with van der Waals surface area (Å²) in [7, 11) is 2.06. The molecule has 0 atom stereocenters. The number of hydrogen-bond acceptors (Lipinski definition) is 5. The molecule has 0 saturated carbocycles. The molecule has 0 aliphatic carbocycles. The maximum Gasteiger partial charge on any atom is 0.336 e. The fraction of sp³-hybridized carbons (Fsp3) is 0.154. The van der Waals surface area contributed by atoms with Crippen molar-refractivity contribution in [2.75, 3.05) is 7.05 Å². The van der Waals surface area contributed by atoms with Gasteiger partial charge < -0.3 is 9.15 Å². The summed E-state index contributed by atoms with van der Waals surface area (Å²) in [6.07, 6.45) is 0. The van der Waals surface area contributed by atoms with E-state index in [4.69, 9.17) is 14.4 Å². The smallest absolute Gasteiger partial charge is 0.336 e. The Kier molecular flexibility index (Phi) is 6.11. The molecular weight excluding hydrogens is 388 g/mol. The summed E-state index contributed by atoms with van der Waals surface area (Å²) in [6.45, 7) is 2.01. The van der Waals surface area contributed by atoms with Crippen molar-refractivity contribution < 1.29 is 9.15 Å². The predicted molar refractivity (Wildman–Crippen MR) is 120 cm³/mol. The van der Waals surface area contributed by atoms with Crippen molar-refractivity contribution in [1.82, 2.24) is 4.90 Å². The molecule has 0 amide bonds. The second kappa shape index (κ2) is 9.29. The van der Waals surface area contributed by atoms with Gasteiger partial charge in [-0.05, 0) is 54.1 Å². The van der Waals surface area contributed by atoms with Crippen molar-refractivity contribution in [3.63, 3.8) is 0 Å². The Labute approximate surface area is 180 Å². The Hall–Kier alpha value is -3.88. The molecule has 0 fully saturated rings. The first kappa shape index (κ1) is 20.4. The minimum absolute atomic E-state index is 0.372. The quantitative estimate of drug-likeness (QED) is 0.407. The molecule has 0 saturated heterocycles. The van der Waals surface area contributed by atoms with Crippen molar-refractivity contribution in [3.05, 3.63) is 112 Å². The van der Waals surface area contributed by atoms with Crippen LogP contribution in [0.5, 0.6) is 5.75 Å². The molecule has 0 radical (unpaired) electrons. The number of benzene rings is 3. The molecular formula is C26H22N2O3. The molecule has 1 heterocycles. The van der Waals surface area contributed by atoms with Crippen molar-refractivity contribution in [1.29, 1.82) is 5.26 Å². The molecule has 0 bridgehead atoms. The van der Waals surface area contributed by atoms with Gasteiger partial charge in [-0.15, -0.1) is 0 Å². The molecule has 154 valence electrons. The van der Waals surface area contributed by atoms with Gasteiger partial charge in [0.1, 0.15) is 17.9 Å². The van der Waals surface area contributed by atoms with Crippen molar-refractivity contribution in [2.24, 2.45) is 0 Å². The number of nitriles is 1. The fourth-order valence-corrected chi connectivity index (χ4v) is 3.46. The van der Waals surface area contributed by atoms with Gasteiger partial charge in [-0.3, -0.25) is 4.90 Å². The van der Waals surface area contributed by atoms with Crippen LogP contribution in [0, 0.1) is 11.3 Å². The second-order valence-electron chi connectivity index (χ2n) is 7.54. The minimum Gasteiger partial charge on any atom is -0.489 e. The van der Waals surface area contributed by atoms with Gasteiger partial charge in [-0.2, -0.15) is 5.26 Å². The number of fused-ring (bicyclic) bond motifs is 1. The lowest BCUT2D eigenvalue weighted by molar-refractivity contribution is 0.305. The average molecular weight is 410 g/mol. The molecule has 3 aromatic carbocycles. The Morgan fingerprint density at radius 2 is 1.65 bits per heavy atom. The van der Waals surface area contributed by atoms with Crippen LogP contribution in [0.3, 0.4) is 0 Å². The lowest BCUT2D eigenvalue weighted by atomic mass is 10.1. The van der Waals surface area contributed by atoms with Gasteiger partial charge >= 0.3 is 5.63 Å². The lowest BCUT2D eigenvalue weighted by Crippen LogP contribution is -2.17. The molecule has 5 heteroatoms. The molecule has 4 aromatic rings. The first-order valence-electron chi connectivity index (χ1n) is 10.0. The second-order valence-corrected chi connectivity index (χ2v) is 7.54. The van der Waals surface area contributed by atoms with Crippen molar-refractivity contribution in [2.45, 2.75) is 19.7 Å². The molecule has 0 aliphatic rings. The van der Waals surface area contributed by atoms with Crippen LogP contribution < -0.4 is 10.4 Å². The molecule has 0 spiro atoms. The fourth-order valence-electron chi connectivity index (χ4n) is 3.46. The third kappa shape index (κ3) is 5.39. The maximum absolute atomic E-state index is 11.4. The molecule has 31 heavy (non-hydrogen) atoms. The minimum atomic E-state index is -0.372. The Morgan fingerprint density at radius 3 is 2.45 bits per heavy atom. The largest absolute Gasteiger partial charge is 0.489 e. The van der Waals surface area contributed by atoms with Gasteiger partial charge in [0.15, 0.2) is 0 Å². The van der Waals surface area contributed by atoms with Gasteiger partial charge in [0.25, 0.3) is 0 Å². The third-order valence-corrected chi connectivity index (χ3v) is 4.98. The van der Waals surface area contributed by atoms with Crippen molar-refractivity contribution in [3.8, 4) is 11.8 Å². The summed E-state index contributed by atoms with van der Waals surface area (Å²) in [4.78, 5) is 13.6. The van der Waals surface area contributed by atoms with E-state index in [1.165, 1.54) is 11.6 Å². The standard InChI is InChI=1S/C26H22N2O3/c1-28(17-22-4-2-3-21(13-22)15-27)16-19-5-7-20(8-6-19)18-30-24-11-9-23-10-12-26(29)31-25(23)14-24/h2-14H,16-18H2,1H3. The molecule has 0 unspecified atom stereocenters. The number of nitrogens with zero attached hydrogens (tertiary/aromatic N) is 2. The normalized spacial score (nSPS) is 10.9. The van der Waals surface area contributed by atoms with E-state index in [9.17, 15) is 4.79 Å². The SMILES string of the molecule is CN(Cc1ccc(COc2ccc3ccc(=O)oc3c2)cc1)Cc1cccc(C#N)c1. The van der Waals surface area contributed by atoms with Crippen LogP contribution in [0.2, 0.25) is 0 Å². The summed E-state index contributed by atoms with van der Waals surface area (Å²) < 4.78 is 11.1. The van der Waals surface area contributed by atoms with Crippen LogP contribution in [0.15, 0.2) is 88.1 Å². The van der Waals surface area contributed by atoms with E-state index >= 15 is 0 Å². The predicted octanol–water partition coefficient (Wildman–Crippen LogP) is 4.88. The van der Waals surface area contributed by atoms with Gasteiger partial charge in [0.2, 0.25) is 0 Å². The van der Waals surface area contributed by atoms with E-state index in [1.54, 1.807) is 12.1 Å². The topological polar surface area (TPSA) is 66.5 Å². The molecule has 1 aromatic heterocycles. The first-order valence-corrected chi connectivity index (χ1v) is 10.0. The third-order valence-electron chi connectivity index (χ3n) is 4.98. The zero-order valence-corrected chi connectivity index (χ0v) is 17.2. The van der Waals surface area contributed by atoms with Crippen LogP contribution in [0.25, 0.3) is 11.0 Å². The van der Waals surface area contributed by atoms with Crippen LogP contribution in [-0.2, 0) is 19.7 Å². The Balaban J connectivity index is 1.33. The van der Waals surface area contributed by atoms with E-state index in [0.717, 1.165) is 29.6 Å². The van der Waals surface area contributed by atoms with Crippen LogP contribution in [0.4, 0.5) is 0 Å². The average Bonchev–Trinajstić information content (AvgIpc) is 2.78. The monoisotopic (exact) mass is 410 g/mol. The van der Waals surface area contributed by atoms with Crippen molar-refractivity contribution >= 4 is 11.0 Å². The highest BCUT2D eigenvalue weighted by atomic mass is 16.5. The highest BCUT2D eigenvalue weighted by Gasteiger charge is 2.05. The molecule has 0 N–H and O–H groups in total. The Bertz CT molecular complexity index is 1290. The number of hydrogen-bond donors (Lipinski definition) is 0. The van der Waals surface area contributed by atoms with E-state index in [-0.39, 0.29) is 5.63 Å². The summed E-state index contributed by atoms with van der Waals surface area (Å²) in [5.74, 6) is 0.658.